The molecule has 3 heterocycles. The van der Waals surface area contributed by atoms with Crippen LogP contribution in [0.4, 0.5) is 0 Å². The van der Waals surface area contributed by atoms with E-state index in [9.17, 15) is 0 Å². The molecule has 8 heteroatoms. The van der Waals surface area contributed by atoms with E-state index < -0.39 is 0 Å². The molecule has 0 amide bonds. The number of rotatable bonds is 6. The summed E-state index contributed by atoms with van der Waals surface area (Å²) in [4.78, 5) is 15.0. The molecule has 8 nitrogen and oxygen atoms in total. The maximum atomic E-state index is 6.36. The lowest BCUT2D eigenvalue weighted by atomic mass is 9.81. The zero-order chi connectivity index (χ0) is 26.2. The number of methoxy groups -OCH3 is 1. The third kappa shape index (κ3) is 4.12. The van der Waals surface area contributed by atoms with Gasteiger partial charge in [-0.2, -0.15) is 0 Å². The second-order valence-corrected chi connectivity index (χ2v) is 9.18. The maximum absolute atomic E-state index is 6.36. The van der Waals surface area contributed by atoms with Crippen LogP contribution in [0, 0.1) is 0 Å². The lowest BCUT2D eigenvalue weighted by Crippen LogP contribution is -2.15. The standard InChI is InChI=1S/C31H23N5O3/c1-37-23-14-11-20(12-15-23)17-33-38-18-26-34-30-29-27(22-8-3-2-4-9-22)28-24-10-6-5-7-21(24)13-16-25(28)39-31(29)32-19-36(30)35-26/h2-17,19,27H,18H2,1H3. The first-order valence-electron chi connectivity index (χ1n) is 12.6. The number of benzene rings is 4. The molecule has 1 aliphatic rings. The predicted octanol–water partition coefficient (Wildman–Crippen LogP) is 6.12. The molecule has 4 aromatic carbocycles. The number of nitrogens with zero attached hydrogens (tertiary/aromatic N) is 5. The van der Waals surface area contributed by atoms with E-state index in [1.54, 1.807) is 24.2 Å². The van der Waals surface area contributed by atoms with E-state index in [0.717, 1.165) is 44.5 Å². The number of hydrogen-bond acceptors (Lipinski definition) is 7. The Bertz CT molecular complexity index is 1830. The van der Waals surface area contributed by atoms with Gasteiger partial charge in [0.25, 0.3) is 0 Å². The predicted molar refractivity (Wildman–Crippen MR) is 148 cm³/mol. The zero-order valence-electron chi connectivity index (χ0n) is 21.1. The Balaban J connectivity index is 1.27. The molecule has 39 heavy (non-hydrogen) atoms. The Kier molecular flexibility index (Phi) is 5.62. The molecular formula is C31H23N5O3. The fraction of sp³-hybridized carbons (Fsp3) is 0.0968. The van der Waals surface area contributed by atoms with E-state index in [1.807, 2.05) is 54.6 Å². The quantitative estimate of drug-likeness (QED) is 0.197. The van der Waals surface area contributed by atoms with Crippen molar-refractivity contribution in [2.75, 3.05) is 7.11 Å². The molecular weight excluding hydrogens is 490 g/mol. The van der Waals surface area contributed by atoms with Gasteiger partial charge in [-0.3, -0.25) is 0 Å². The molecule has 0 aliphatic carbocycles. The van der Waals surface area contributed by atoms with Gasteiger partial charge >= 0.3 is 0 Å². The number of aromatic nitrogens is 4. The summed E-state index contributed by atoms with van der Waals surface area (Å²) in [5.74, 6) is 2.46. The van der Waals surface area contributed by atoms with E-state index in [1.165, 1.54) is 0 Å². The molecule has 7 rings (SSSR count). The van der Waals surface area contributed by atoms with E-state index in [-0.39, 0.29) is 12.5 Å². The zero-order valence-corrected chi connectivity index (χ0v) is 21.1. The average molecular weight is 514 g/mol. The van der Waals surface area contributed by atoms with Crippen LogP contribution in [0.2, 0.25) is 0 Å². The minimum Gasteiger partial charge on any atom is -0.497 e. The SMILES string of the molecule is COc1ccc(C=NOCc2nc3c4c(ncn3n2)Oc2ccc3ccccc3c2C4c2ccccc2)cc1. The highest BCUT2D eigenvalue weighted by Gasteiger charge is 2.34. The summed E-state index contributed by atoms with van der Waals surface area (Å²) in [6, 6.07) is 30.4. The van der Waals surface area contributed by atoms with Crippen LogP contribution in [0.1, 0.15) is 34.0 Å². The van der Waals surface area contributed by atoms with Crippen molar-refractivity contribution in [3.8, 4) is 17.4 Å². The van der Waals surface area contributed by atoms with Crippen molar-refractivity contribution in [3.05, 3.63) is 125 Å². The van der Waals surface area contributed by atoms with Crippen LogP contribution in [0.3, 0.4) is 0 Å². The molecule has 0 fully saturated rings. The third-order valence-electron chi connectivity index (χ3n) is 6.86. The molecule has 0 saturated heterocycles. The van der Waals surface area contributed by atoms with Gasteiger partial charge < -0.3 is 14.3 Å². The van der Waals surface area contributed by atoms with Gasteiger partial charge in [0.05, 0.1) is 18.9 Å². The third-order valence-corrected chi connectivity index (χ3v) is 6.86. The Morgan fingerprint density at radius 2 is 1.74 bits per heavy atom. The van der Waals surface area contributed by atoms with E-state index in [4.69, 9.17) is 19.3 Å². The first-order chi connectivity index (χ1) is 19.3. The number of ether oxygens (including phenoxy) is 2. The van der Waals surface area contributed by atoms with Crippen molar-refractivity contribution in [3.63, 3.8) is 0 Å². The molecule has 0 saturated carbocycles. The molecule has 0 spiro atoms. The van der Waals surface area contributed by atoms with Crippen LogP contribution in [0.5, 0.6) is 17.4 Å². The van der Waals surface area contributed by atoms with Gasteiger partial charge in [0.2, 0.25) is 5.88 Å². The van der Waals surface area contributed by atoms with Crippen LogP contribution >= 0.6 is 0 Å². The van der Waals surface area contributed by atoms with Gasteiger partial charge in [-0.15, -0.1) is 5.10 Å². The van der Waals surface area contributed by atoms with Gasteiger partial charge in [-0.05, 0) is 52.2 Å². The smallest absolute Gasteiger partial charge is 0.228 e. The Morgan fingerprint density at radius 1 is 0.923 bits per heavy atom. The highest BCUT2D eigenvalue weighted by Crippen LogP contribution is 2.50. The van der Waals surface area contributed by atoms with Gasteiger partial charge in [0.1, 0.15) is 17.8 Å². The lowest BCUT2D eigenvalue weighted by molar-refractivity contribution is 0.126. The summed E-state index contributed by atoms with van der Waals surface area (Å²) >= 11 is 0. The number of hydrogen-bond donors (Lipinski definition) is 0. The molecule has 6 aromatic rings. The second kappa shape index (κ2) is 9.57. The Hall–Kier alpha value is -5.24. The van der Waals surface area contributed by atoms with Crippen LogP contribution < -0.4 is 9.47 Å². The van der Waals surface area contributed by atoms with E-state index >= 15 is 0 Å². The summed E-state index contributed by atoms with van der Waals surface area (Å²) in [7, 11) is 1.63. The molecule has 0 radical (unpaired) electrons. The minimum absolute atomic E-state index is 0.111. The first kappa shape index (κ1) is 22.9. The second-order valence-electron chi connectivity index (χ2n) is 9.18. The molecule has 2 aromatic heterocycles. The molecule has 190 valence electrons. The van der Waals surface area contributed by atoms with Gasteiger partial charge in [-0.1, -0.05) is 65.8 Å². The van der Waals surface area contributed by atoms with E-state index in [0.29, 0.717) is 17.4 Å². The van der Waals surface area contributed by atoms with Gasteiger partial charge in [0, 0.05) is 11.5 Å². The lowest BCUT2D eigenvalue weighted by Gasteiger charge is -2.29. The Labute approximate surface area is 224 Å². The van der Waals surface area contributed by atoms with Crippen molar-refractivity contribution in [2.24, 2.45) is 5.16 Å². The largest absolute Gasteiger partial charge is 0.497 e. The highest BCUT2D eigenvalue weighted by molar-refractivity contribution is 5.90. The van der Waals surface area contributed by atoms with E-state index in [2.05, 4.69) is 51.6 Å². The van der Waals surface area contributed by atoms with Crippen LogP contribution in [0.15, 0.2) is 102 Å². The highest BCUT2D eigenvalue weighted by atomic mass is 16.6. The summed E-state index contributed by atoms with van der Waals surface area (Å²) in [5, 5.41) is 11.0. The average Bonchev–Trinajstić information content (AvgIpc) is 3.42. The molecule has 1 atom stereocenters. The topological polar surface area (TPSA) is 83.1 Å². The van der Waals surface area contributed by atoms with Crippen LogP contribution in [0.25, 0.3) is 16.4 Å². The summed E-state index contributed by atoms with van der Waals surface area (Å²) in [6.45, 7) is 0.111. The van der Waals surface area contributed by atoms with Crippen molar-refractivity contribution in [1.82, 2.24) is 19.6 Å². The molecule has 0 bridgehead atoms. The minimum atomic E-state index is -0.140. The van der Waals surface area contributed by atoms with Crippen molar-refractivity contribution < 1.29 is 14.3 Å². The number of oxime groups is 1. The maximum Gasteiger partial charge on any atom is 0.228 e. The Morgan fingerprint density at radius 3 is 2.59 bits per heavy atom. The number of fused-ring (bicyclic) bond motifs is 6. The molecule has 1 aliphatic heterocycles. The fourth-order valence-corrected chi connectivity index (χ4v) is 5.07. The van der Waals surface area contributed by atoms with Crippen LogP contribution in [-0.4, -0.2) is 32.9 Å². The van der Waals surface area contributed by atoms with Crippen molar-refractivity contribution in [1.29, 1.82) is 0 Å². The van der Waals surface area contributed by atoms with Crippen LogP contribution in [-0.2, 0) is 11.4 Å². The van der Waals surface area contributed by atoms with Gasteiger partial charge in [-0.25, -0.2) is 14.5 Å². The summed E-state index contributed by atoms with van der Waals surface area (Å²) in [6.07, 6.45) is 3.26. The normalized spacial score (nSPS) is 14.2. The fourth-order valence-electron chi connectivity index (χ4n) is 5.07. The van der Waals surface area contributed by atoms with Gasteiger partial charge in [0.15, 0.2) is 18.1 Å². The first-order valence-corrected chi connectivity index (χ1v) is 12.6. The van der Waals surface area contributed by atoms with Crippen molar-refractivity contribution >= 4 is 22.6 Å². The molecule has 1 unspecified atom stereocenters. The molecule has 0 N–H and O–H groups in total. The van der Waals surface area contributed by atoms with Crippen molar-refractivity contribution in [2.45, 2.75) is 12.5 Å². The summed E-state index contributed by atoms with van der Waals surface area (Å²) < 4.78 is 13.2. The summed E-state index contributed by atoms with van der Waals surface area (Å²) in [5.41, 5.74) is 4.65. The monoisotopic (exact) mass is 513 g/mol.